The van der Waals surface area contributed by atoms with Crippen LogP contribution in [-0.4, -0.2) is 44.3 Å². The fourth-order valence-corrected chi connectivity index (χ4v) is 2.91. The van der Waals surface area contributed by atoms with Crippen molar-refractivity contribution in [1.82, 2.24) is 10.6 Å². The Morgan fingerprint density at radius 1 is 1.11 bits per heavy atom. The smallest absolute Gasteiger partial charge is 0.338 e. The molecule has 0 radical (unpaired) electrons. The summed E-state index contributed by atoms with van der Waals surface area (Å²) in [5.74, 6) is -0.481. The summed E-state index contributed by atoms with van der Waals surface area (Å²) in [7, 11) is 1.46. The molecule has 1 saturated carbocycles. The number of hydrogen-bond donors (Lipinski definition) is 2. The van der Waals surface area contributed by atoms with Gasteiger partial charge in [-0.3, -0.25) is 10.1 Å². The summed E-state index contributed by atoms with van der Waals surface area (Å²) in [4.78, 5) is 35.7. The number of hydrogen-bond acceptors (Lipinski definition) is 6. The van der Waals surface area contributed by atoms with Crippen molar-refractivity contribution in [1.29, 1.82) is 0 Å². The number of benzene rings is 1. The normalized spacial score (nSPS) is 14.1. The molecule has 0 spiro atoms. The standard InChI is InChI=1S/C19H26N2O6/c1-3-26-15-10-9-13(11-16(15)25-2)18(23)27-12-17(22)21-19(24)20-14-7-5-4-6-8-14/h9-11,14H,3-8,12H2,1-2H3,(H2,20,21,22,24). The van der Waals surface area contributed by atoms with Gasteiger partial charge in [0.05, 0.1) is 19.3 Å². The number of urea groups is 1. The third-order valence-electron chi connectivity index (χ3n) is 4.23. The van der Waals surface area contributed by atoms with Gasteiger partial charge in [0.1, 0.15) is 0 Å². The van der Waals surface area contributed by atoms with Crippen molar-refractivity contribution in [2.24, 2.45) is 0 Å². The predicted octanol–water partition coefficient (Wildman–Crippen LogP) is 2.41. The molecular weight excluding hydrogens is 352 g/mol. The van der Waals surface area contributed by atoms with Gasteiger partial charge in [-0.15, -0.1) is 0 Å². The van der Waals surface area contributed by atoms with Crippen molar-refractivity contribution in [2.45, 2.75) is 45.1 Å². The summed E-state index contributed by atoms with van der Waals surface area (Å²) in [5.41, 5.74) is 0.217. The van der Waals surface area contributed by atoms with Gasteiger partial charge < -0.3 is 19.5 Å². The van der Waals surface area contributed by atoms with E-state index in [1.165, 1.54) is 25.7 Å². The van der Waals surface area contributed by atoms with Crippen molar-refractivity contribution in [3.8, 4) is 11.5 Å². The molecule has 0 bridgehead atoms. The zero-order valence-corrected chi connectivity index (χ0v) is 15.7. The number of esters is 1. The topological polar surface area (TPSA) is 103 Å². The largest absolute Gasteiger partial charge is 0.493 e. The molecule has 1 aromatic carbocycles. The minimum absolute atomic E-state index is 0.0884. The molecule has 0 heterocycles. The van der Waals surface area contributed by atoms with Gasteiger partial charge in [-0.05, 0) is 38.0 Å². The van der Waals surface area contributed by atoms with Gasteiger partial charge in [0.15, 0.2) is 18.1 Å². The minimum Gasteiger partial charge on any atom is -0.493 e. The third kappa shape index (κ3) is 6.47. The SMILES string of the molecule is CCOc1ccc(C(=O)OCC(=O)NC(=O)NC2CCCCC2)cc1OC. The van der Waals surface area contributed by atoms with Crippen molar-refractivity contribution >= 4 is 17.9 Å². The van der Waals surface area contributed by atoms with Crippen LogP contribution in [0.25, 0.3) is 0 Å². The molecule has 3 amide bonds. The number of carbonyl (C=O) groups excluding carboxylic acids is 3. The Morgan fingerprint density at radius 2 is 1.85 bits per heavy atom. The van der Waals surface area contributed by atoms with Gasteiger partial charge in [-0.25, -0.2) is 9.59 Å². The van der Waals surface area contributed by atoms with E-state index in [2.05, 4.69) is 10.6 Å². The van der Waals surface area contributed by atoms with Crippen LogP contribution in [0.5, 0.6) is 11.5 Å². The fourth-order valence-electron chi connectivity index (χ4n) is 2.91. The highest BCUT2D eigenvalue weighted by Crippen LogP contribution is 2.28. The van der Waals surface area contributed by atoms with Gasteiger partial charge in [-0.2, -0.15) is 0 Å². The van der Waals surface area contributed by atoms with E-state index in [1.54, 1.807) is 6.07 Å². The summed E-state index contributed by atoms with van der Waals surface area (Å²) in [6.07, 6.45) is 5.14. The third-order valence-corrected chi connectivity index (χ3v) is 4.23. The van der Waals surface area contributed by atoms with E-state index in [0.29, 0.717) is 18.1 Å². The Hall–Kier alpha value is -2.77. The predicted molar refractivity (Wildman–Crippen MR) is 98.0 cm³/mol. The van der Waals surface area contributed by atoms with Crippen LogP contribution in [0.2, 0.25) is 0 Å². The van der Waals surface area contributed by atoms with Crippen LogP contribution >= 0.6 is 0 Å². The first-order chi connectivity index (χ1) is 13.0. The van der Waals surface area contributed by atoms with Crippen LogP contribution in [0.4, 0.5) is 4.79 Å². The summed E-state index contributed by atoms with van der Waals surface area (Å²) >= 11 is 0. The highest BCUT2D eigenvalue weighted by atomic mass is 16.5. The van der Waals surface area contributed by atoms with E-state index < -0.39 is 24.5 Å². The molecule has 2 N–H and O–H groups in total. The number of rotatable bonds is 7. The Bertz CT molecular complexity index is 670. The van der Waals surface area contributed by atoms with Crippen LogP contribution in [-0.2, 0) is 9.53 Å². The molecule has 0 aliphatic heterocycles. The van der Waals surface area contributed by atoms with E-state index in [0.717, 1.165) is 25.7 Å². The monoisotopic (exact) mass is 378 g/mol. The van der Waals surface area contributed by atoms with E-state index in [4.69, 9.17) is 14.2 Å². The molecule has 8 heteroatoms. The van der Waals surface area contributed by atoms with E-state index in [1.807, 2.05) is 6.92 Å². The van der Waals surface area contributed by atoms with E-state index in [-0.39, 0.29) is 11.6 Å². The number of methoxy groups -OCH3 is 1. The maximum atomic E-state index is 12.1. The lowest BCUT2D eigenvalue weighted by molar-refractivity contribution is -0.123. The second-order valence-corrected chi connectivity index (χ2v) is 6.23. The Kier molecular flexibility index (Phi) is 7.91. The molecular formula is C19H26N2O6. The Labute approximate surface area is 158 Å². The molecule has 148 valence electrons. The zero-order valence-electron chi connectivity index (χ0n) is 15.7. The van der Waals surface area contributed by atoms with Crippen LogP contribution in [0, 0.1) is 0 Å². The summed E-state index contributed by atoms with van der Waals surface area (Å²) in [6, 6.07) is 4.11. The average Bonchev–Trinajstić information content (AvgIpc) is 2.67. The summed E-state index contributed by atoms with van der Waals surface area (Å²) in [6.45, 7) is 1.75. The van der Waals surface area contributed by atoms with Gasteiger partial charge in [0.25, 0.3) is 5.91 Å². The second kappa shape index (κ2) is 10.4. The lowest BCUT2D eigenvalue weighted by atomic mass is 9.96. The maximum absolute atomic E-state index is 12.1. The fraction of sp³-hybridized carbons (Fsp3) is 0.526. The molecule has 8 nitrogen and oxygen atoms in total. The molecule has 2 rings (SSSR count). The van der Waals surface area contributed by atoms with Crippen LogP contribution in [0.15, 0.2) is 18.2 Å². The van der Waals surface area contributed by atoms with Gasteiger partial charge in [-0.1, -0.05) is 19.3 Å². The maximum Gasteiger partial charge on any atom is 0.338 e. The summed E-state index contributed by atoms with van der Waals surface area (Å²) < 4.78 is 15.5. The Morgan fingerprint density at radius 3 is 2.52 bits per heavy atom. The average molecular weight is 378 g/mol. The van der Waals surface area contributed by atoms with Crippen LogP contribution in [0.3, 0.4) is 0 Å². The molecule has 0 saturated heterocycles. The molecule has 1 aliphatic rings. The zero-order chi connectivity index (χ0) is 19.6. The number of nitrogens with one attached hydrogen (secondary N) is 2. The molecule has 27 heavy (non-hydrogen) atoms. The summed E-state index contributed by atoms with van der Waals surface area (Å²) in [5, 5.41) is 4.93. The quantitative estimate of drug-likeness (QED) is 0.706. The lowest BCUT2D eigenvalue weighted by Gasteiger charge is -2.22. The molecule has 0 aromatic heterocycles. The first kappa shape index (κ1) is 20.5. The number of carbonyl (C=O) groups is 3. The van der Waals surface area contributed by atoms with Crippen LogP contribution < -0.4 is 20.1 Å². The molecule has 1 aromatic rings. The number of ether oxygens (including phenoxy) is 3. The van der Waals surface area contributed by atoms with Crippen LogP contribution in [0.1, 0.15) is 49.4 Å². The number of amides is 3. The van der Waals surface area contributed by atoms with Crippen molar-refractivity contribution in [3.63, 3.8) is 0 Å². The molecule has 0 atom stereocenters. The van der Waals surface area contributed by atoms with Crippen molar-refractivity contribution < 1.29 is 28.6 Å². The van der Waals surface area contributed by atoms with Gasteiger partial charge in [0.2, 0.25) is 0 Å². The van der Waals surface area contributed by atoms with Gasteiger partial charge in [0, 0.05) is 6.04 Å². The first-order valence-electron chi connectivity index (χ1n) is 9.11. The minimum atomic E-state index is -0.695. The lowest BCUT2D eigenvalue weighted by Crippen LogP contribution is -2.46. The van der Waals surface area contributed by atoms with E-state index >= 15 is 0 Å². The number of imide groups is 1. The van der Waals surface area contributed by atoms with Gasteiger partial charge >= 0.3 is 12.0 Å². The molecule has 0 unspecified atom stereocenters. The molecule has 1 aliphatic carbocycles. The first-order valence-corrected chi connectivity index (χ1v) is 9.11. The highest BCUT2D eigenvalue weighted by Gasteiger charge is 2.18. The van der Waals surface area contributed by atoms with E-state index in [9.17, 15) is 14.4 Å². The highest BCUT2D eigenvalue weighted by molar-refractivity contribution is 5.97. The van der Waals surface area contributed by atoms with Crippen molar-refractivity contribution in [3.05, 3.63) is 23.8 Å². The Balaban J connectivity index is 1.80. The second-order valence-electron chi connectivity index (χ2n) is 6.23. The molecule has 1 fully saturated rings. The van der Waals surface area contributed by atoms with Crippen molar-refractivity contribution in [2.75, 3.05) is 20.3 Å².